The molecular formula is C23H36N4O3. The zero-order chi connectivity index (χ0) is 22.3. The van der Waals surface area contributed by atoms with Crippen molar-refractivity contribution in [2.24, 2.45) is 11.8 Å². The van der Waals surface area contributed by atoms with Crippen molar-refractivity contribution in [3.63, 3.8) is 0 Å². The highest BCUT2D eigenvalue weighted by molar-refractivity contribution is 6.07. The summed E-state index contributed by atoms with van der Waals surface area (Å²) in [6.45, 7) is 9.71. The molecule has 166 valence electrons. The molecule has 0 aliphatic carbocycles. The Morgan fingerprint density at radius 2 is 2.13 bits per heavy atom. The summed E-state index contributed by atoms with van der Waals surface area (Å²) in [5.74, 6) is 1.29. The van der Waals surface area contributed by atoms with Gasteiger partial charge in [0, 0.05) is 25.7 Å². The van der Waals surface area contributed by atoms with Crippen LogP contribution in [0.15, 0.2) is 36.1 Å². The molecule has 2 amide bonds. The Hall–Kier alpha value is -2.57. The highest BCUT2D eigenvalue weighted by Crippen LogP contribution is 2.27. The minimum atomic E-state index is -0.712. The van der Waals surface area contributed by atoms with E-state index in [0.29, 0.717) is 37.7 Å². The number of nitrogens with zero attached hydrogens (tertiary/aromatic N) is 2. The number of hydrogen-bond donors (Lipinski definition) is 2. The van der Waals surface area contributed by atoms with Crippen molar-refractivity contribution < 1.29 is 14.3 Å². The molecule has 2 aliphatic heterocycles. The number of allylic oxidation sites excluding steroid dienone is 4. The monoisotopic (exact) mass is 416 g/mol. The lowest BCUT2D eigenvalue weighted by molar-refractivity contribution is -0.132. The molecule has 0 spiro atoms. The number of likely N-dealkylation sites (tertiary alicyclic amines) is 1. The fourth-order valence-corrected chi connectivity index (χ4v) is 4.27. The van der Waals surface area contributed by atoms with Gasteiger partial charge in [-0.15, -0.1) is 0 Å². The first-order valence-corrected chi connectivity index (χ1v) is 10.7. The van der Waals surface area contributed by atoms with Gasteiger partial charge < -0.3 is 15.0 Å². The maximum absolute atomic E-state index is 13.0. The molecule has 2 atom stereocenters. The minimum absolute atomic E-state index is 0.0363. The second kappa shape index (κ2) is 10.5. The number of carbonyl (C=O) groups is 2. The van der Waals surface area contributed by atoms with Gasteiger partial charge in [0.1, 0.15) is 11.3 Å². The van der Waals surface area contributed by atoms with Crippen LogP contribution in [0, 0.1) is 17.2 Å². The second-order valence-electron chi connectivity index (χ2n) is 8.74. The number of methoxy groups -OCH3 is 1. The van der Waals surface area contributed by atoms with E-state index in [1.54, 1.807) is 30.2 Å². The van der Waals surface area contributed by atoms with Gasteiger partial charge in [0.2, 0.25) is 5.91 Å². The molecule has 2 unspecified atom stereocenters. The molecular weight excluding hydrogens is 380 g/mol. The van der Waals surface area contributed by atoms with Crippen LogP contribution in [0.25, 0.3) is 0 Å². The predicted molar refractivity (Wildman–Crippen MR) is 119 cm³/mol. The van der Waals surface area contributed by atoms with Gasteiger partial charge in [0.25, 0.3) is 5.91 Å². The van der Waals surface area contributed by atoms with E-state index in [0.717, 1.165) is 12.8 Å². The summed E-state index contributed by atoms with van der Waals surface area (Å²) in [5.41, 5.74) is -0.712. The first kappa shape index (κ1) is 23.7. The number of amides is 2. The Kier molecular flexibility index (Phi) is 8.26. The van der Waals surface area contributed by atoms with E-state index in [1.807, 2.05) is 30.9 Å². The number of guanidine groups is 1. The van der Waals surface area contributed by atoms with E-state index in [4.69, 9.17) is 10.1 Å². The zero-order valence-electron chi connectivity index (χ0n) is 18.9. The third-order valence-corrected chi connectivity index (χ3v) is 5.54. The van der Waals surface area contributed by atoms with Gasteiger partial charge in [-0.25, -0.2) is 0 Å². The molecule has 0 bridgehead atoms. The molecule has 2 fully saturated rings. The highest BCUT2D eigenvalue weighted by atomic mass is 16.5. The quantitative estimate of drug-likeness (QED) is 0.362. The van der Waals surface area contributed by atoms with E-state index in [-0.39, 0.29) is 23.7 Å². The molecule has 7 nitrogen and oxygen atoms in total. The van der Waals surface area contributed by atoms with Crippen LogP contribution in [0.2, 0.25) is 0 Å². The van der Waals surface area contributed by atoms with Gasteiger partial charge in [-0.1, -0.05) is 26.0 Å². The van der Waals surface area contributed by atoms with Gasteiger partial charge in [0.05, 0.1) is 7.11 Å². The highest BCUT2D eigenvalue weighted by Gasteiger charge is 2.46. The lowest BCUT2D eigenvalue weighted by Gasteiger charge is -2.34. The second-order valence-corrected chi connectivity index (χ2v) is 8.74. The summed E-state index contributed by atoms with van der Waals surface area (Å²) < 4.78 is 5.20. The van der Waals surface area contributed by atoms with Crippen molar-refractivity contribution in [1.29, 1.82) is 5.41 Å². The third kappa shape index (κ3) is 5.97. The molecule has 0 aromatic carbocycles. The molecule has 0 radical (unpaired) electrons. The largest absolute Gasteiger partial charge is 0.497 e. The van der Waals surface area contributed by atoms with Crippen LogP contribution < -0.4 is 5.32 Å². The number of hydrogen-bond acceptors (Lipinski definition) is 4. The van der Waals surface area contributed by atoms with Crippen LogP contribution in [-0.2, 0) is 14.3 Å². The van der Waals surface area contributed by atoms with Gasteiger partial charge in [0.15, 0.2) is 5.96 Å². The normalized spacial score (nSPS) is 25.7. The SMILES string of the molecule is C\C=C/C(=C\C=C\C(=O)N1CCCC(CN2C(=N)NC(C)(CC(C)C)C2=O)C1)OC. The van der Waals surface area contributed by atoms with Crippen LogP contribution in [0.5, 0.6) is 0 Å². The summed E-state index contributed by atoms with van der Waals surface area (Å²) in [7, 11) is 1.59. The molecule has 7 heteroatoms. The summed E-state index contributed by atoms with van der Waals surface area (Å²) >= 11 is 0. The predicted octanol–water partition coefficient (Wildman–Crippen LogP) is 3.06. The number of nitrogens with one attached hydrogen (secondary N) is 2. The van der Waals surface area contributed by atoms with E-state index >= 15 is 0 Å². The molecule has 2 N–H and O–H groups in total. The molecule has 2 heterocycles. The first-order chi connectivity index (χ1) is 14.2. The topological polar surface area (TPSA) is 85.7 Å². The van der Waals surface area contributed by atoms with Crippen molar-refractivity contribution in [2.75, 3.05) is 26.7 Å². The van der Waals surface area contributed by atoms with E-state index in [9.17, 15) is 9.59 Å². The first-order valence-electron chi connectivity index (χ1n) is 10.7. The molecule has 0 aromatic rings. The van der Waals surface area contributed by atoms with Crippen molar-refractivity contribution in [3.05, 3.63) is 36.1 Å². The van der Waals surface area contributed by atoms with Gasteiger partial charge >= 0.3 is 0 Å². The van der Waals surface area contributed by atoms with Gasteiger partial charge in [-0.05, 0) is 57.1 Å². The van der Waals surface area contributed by atoms with Crippen molar-refractivity contribution in [3.8, 4) is 0 Å². The standard InChI is InChI=1S/C23H36N4O3/c1-6-9-19(30-5)11-7-12-20(28)26-13-8-10-18(15-26)16-27-21(29)23(4,14-17(2)3)25-22(27)24/h6-7,9,11-12,17-18H,8,10,13-16H2,1-5H3,(H2,24,25)/b9-6-,12-7+,19-11+. The van der Waals surface area contributed by atoms with Crippen molar-refractivity contribution in [2.45, 2.75) is 52.5 Å². The fraction of sp³-hybridized carbons (Fsp3) is 0.609. The van der Waals surface area contributed by atoms with Crippen LogP contribution >= 0.6 is 0 Å². The fourth-order valence-electron chi connectivity index (χ4n) is 4.27. The zero-order valence-corrected chi connectivity index (χ0v) is 18.9. The average molecular weight is 417 g/mol. The number of ether oxygens (including phenoxy) is 1. The van der Waals surface area contributed by atoms with Crippen LogP contribution in [0.3, 0.4) is 0 Å². The van der Waals surface area contributed by atoms with E-state index in [2.05, 4.69) is 19.2 Å². The molecule has 30 heavy (non-hydrogen) atoms. The Labute approximate surface area is 180 Å². The number of carbonyl (C=O) groups excluding carboxylic acids is 2. The lowest BCUT2D eigenvalue weighted by Crippen LogP contribution is -2.47. The number of rotatable bonds is 8. The molecule has 2 aliphatic rings. The summed E-state index contributed by atoms with van der Waals surface area (Å²) in [6.07, 6.45) is 11.2. The molecule has 2 saturated heterocycles. The van der Waals surface area contributed by atoms with Crippen LogP contribution in [0.4, 0.5) is 0 Å². The van der Waals surface area contributed by atoms with Gasteiger partial charge in [-0.2, -0.15) is 0 Å². The Balaban J connectivity index is 1.97. The van der Waals surface area contributed by atoms with Crippen molar-refractivity contribution >= 4 is 17.8 Å². The maximum Gasteiger partial charge on any atom is 0.254 e. The molecule has 0 saturated carbocycles. The minimum Gasteiger partial charge on any atom is -0.497 e. The summed E-state index contributed by atoms with van der Waals surface area (Å²) in [5, 5.41) is 11.3. The Bertz CT molecular complexity index is 741. The Morgan fingerprint density at radius 3 is 2.77 bits per heavy atom. The molecule has 0 aromatic heterocycles. The smallest absolute Gasteiger partial charge is 0.254 e. The van der Waals surface area contributed by atoms with Crippen LogP contribution in [0.1, 0.15) is 47.0 Å². The van der Waals surface area contributed by atoms with E-state index in [1.165, 1.54) is 0 Å². The Morgan fingerprint density at radius 1 is 1.40 bits per heavy atom. The number of piperidine rings is 1. The third-order valence-electron chi connectivity index (χ3n) is 5.54. The lowest BCUT2D eigenvalue weighted by atomic mass is 9.90. The summed E-state index contributed by atoms with van der Waals surface area (Å²) in [4.78, 5) is 28.9. The summed E-state index contributed by atoms with van der Waals surface area (Å²) in [6, 6.07) is 0. The molecule has 2 rings (SSSR count). The van der Waals surface area contributed by atoms with E-state index < -0.39 is 5.54 Å². The maximum atomic E-state index is 13.0. The average Bonchev–Trinajstić information content (AvgIpc) is 2.89. The van der Waals surface area contributed by atoms with Gasteiger partial charge in [-0.3, -0.25) is 19.9 Å². The van der Waals surface area contributed by atoms with Crippen LogP contribution in [-0.4, -0.2) is 59.9 Å². The van der Waals surface area contributed by atoms with Crippen molar-refractivity contribution in [1.82, 2.24) is 15.1 Å².